The van der Waals surface area contributed by atoms with E-state index in [1.807, 2.05) is 66.3 Å². The lowest BCUT2D eigenvalue weighted by atomic mass is 10.1. The molecule has 1 N–H and O–H groups in total. The molecule has 28 heavy (non-hydrogen) atoms. The average molecular weight is 398 g/mol. The second-order valence-corrected chi connectivity index (χ2v) is 7.03. The molecule has 3 rings (SSSR count). The Labute approximate surface area is 168 Å². The summed E-state index contributed by atoms with van der Waals surface area (Å²) in [5.41, 5.74) is 1.78. The summed E-state index contributed by atoms with van der Waals surface area (Å²) >= 11 is 1.66. The summed E-state index contributed by atoms with van der Waals surface area (Å²) in [6, 6.07) is 15.0. The average Bonchev–Trinajstić information content (AvgIpc) is 3.15. The standard InChI is InChI=1S/C21H23N3O3S/c1-24-13-11-23-21(24)28-15-16-3-5-17(6-4-16)20(25)22-12-14-27-19-9-7-18(26-2)8-10-19/h3-11,13H,12,14-15H2,1-2H3,(H,22,25). The number of carbonyl (C=O) groups excluding carboxylic acids is 1. The van der Waals surface area contributed by atoms with Crippen LogP contribution in [0.4, 0.5) is 0 Å². The number of carbonyl (C=O) groups is 1. The monoisotopic (exact) mass is 397 g/mol. The molecule has 0 saturated heterocycles. The maximum absolute atomic E-state index is 12.2. The molecular formula is C21H23N3O3S. The fraction of sp³-hybridized carbons (Fsp3) is 0.238. The SMILES string of the molecule is COc1ccc(OCCNC(=O)c2ccc(CSc3nccn3C)cc2)cc1. The molecule has 0 aliphatic rings. The highest BCUT2D eigenvalue weighted by atomic mass is 32.2. The van der Waals surface area contributed by atoms with Gasteiger partial charge in [0, 0.05) is 30.8 Å². The number of hydrogen-bond donors (Lipinski definition) is 1. The molecule has 146 valence electrons. The predicted octanol–water partition coefficient (Wildman–Crippen LogP) is 3.53. The minimum absolute atomic E-state index is 0.110. The third-order valence-electron chi connectivity index (χ3n) is 4.08. The van der Waals surface area contributed by atoms with Gasteiger partial charge in [0.25, 0.3) is 5.91 Å². The van der Waals surface area contributed by atoms with E-state index in [0.717, 1.165) is 28.0 Å². The molecule has 0 bridgehead atoms. The predicted molar refractivity (Wildman–Crippen MR) is 110 cm³/mol. The number of nitrogens with zero attached hydrogens (tertiary/aromatic N) is 2. The maximum atomic E-state index is 12.2. The summed E-state index contributed by atoms with van der Waals surface area (Å²) in [5.74, 6) is 2.22. The topological polar surface area (TPSA) is 65.4 Å². The third kappa shape index (κ3) is 5.53. The molecule has 0 radical (unpaired) electrons. The molecule has 0 aliphatic carbocycles. The normalized spacial score (nSPS) is 10.5. The summed E-state index contributed by atoms with van der Waals surface area (Å²) in [4.78, 5) is 16.5. The number of aromatic nitrogens is 2. The summed E-state index contributed by atoms with van der Waals surface area (Å²) in [7, 11) is 3.60. The third-order valence-corrected chi connectivity index (χ3v) is 5.21. The van der Waals surface area contributed by atoms with Crippen molar-refractivity contribution < 1.29 is 14.3 Å². The minimum Gasteiger partial charge on any atom is -0.497 e. The number of amides is 1. The van der Waals surface area contributed by atoms with Crippen LogP contribution in [0.2, 0.25) is 0 Å². The summed E-state index contributed by atoms with van der Waals surface area (Å²) < 4.78 is 12.7. The quantitative estimate of drug-likeness (QED) is 0.442. The number of aryl methyl sites for hydroxylation is 1. The second kappa shape index (κ2) is 9.85. The molecule has 0 fully saturated rings. The van der Waals surface area contributed by atoms with Crippen LogP contribution >= 0.6 is 11.8 Å². The van der Waals surface area contributed by atoms with Crippen molar-refractivity contribution in [2.24, 2.45) is 7.05 Å². The highest BCUT2D eigenvalue weighted by molar-refractivity contribution is 7.98. The molecule has 6 nitrogen and oxygen atoms in total. The van der Waals surface area contributed by atoms with Gasteiger partial charge in [-0.1, -0.05) is 23.9 Å². The Hall–Kier alpha value is -2.93. The van der Waals surface area contributed by atoms with Gasteiger partial charge in [-0.15, -0.1) is 0 Å². The van der Waals surface area contributed by atoms with E-state index in [-0.39, 0.29) is 5.91 Å². The molecule has 1 heterocycles. The van der Waals surface area contributed by atoms with Gasteiger partial charge in [-0.2, -0.15) is 0 Å². The summed E-state index contributed by atoms with van der Waals surface area (Å²) in [6.07, 6.45) is 3.71. The highest BCUT2D eigenvalue weighted by Gasteiger charge is 2.06. The lowest BCUT2D eigenvalue weighted by molar-refractivity contribution is 0.0947. The van der Waals surface area contributed by atoms with E-state index in [1.165, 1.54) is 0 Å². The lowest BCUT2D eigenvalue weighted by Crippen LogP contribution is -2.28. The fourth-order valence-electron chi connectivity index (χ4n) is 2.50. The molecule has 2 aromatic carbocycles. The van der Waals surface area contributed by atoms with Gasteiger partial charge in [0.1, 0.15) is 18.1 Å². The Morgan fingerprint density at radius 3 is 2.46 bits per heavy atom. The lowest BCUT2D eigenvalue weighted by Gasteiger charge is -2.09. The van der Waals surface area contributed by atoms with E-state index in [4.69, 9.17) is 9.47 Å². The Kier molecular flexibility index (Phi) is 6.97. The number of ether oxygens (including phenoxy) is 2. The Bertz CT molecular complexity index is 892. The number of benzene rings is 2. The zero-order valence-electron chi connectivity index (χ0n) is 15.9. The van der Waals surface area contributed by atoms with Crippen LogP contribution in [0.15, 0.2) is 66.1 Å². The van der Waals surface area contributed by atoms with Crippen LogP contribution in [-0.4, -0.2) is 35.7 Å². The van der Waals surface area contributed by atoms with Crippen LogP contribution in [0.25, 0.3) is 0 Å². The first kappa shape index (κ1) is 19.8. The van der Waals surface area contributed by atoms with Crippen molar-refractivity contribution in [3.8, 4) is 11.5 Å². The van der Waals surface area contributed by atoms with E-state index < -0.39 is 0 Å². The first-order valence-corrected chi connectivity index (χ1v) is 9.88. The van der Waals surface area contributed by atoms with Crippen molar-refractivity contribution in [2.75, 3.05) is 20.3 Å². The smallest absolute Gasteiger partial charge is 0.251 e. The first-order chi connectivity index (χ1) is 13.7. The van der Waals surface area contributed by atoms with Crippen molar-refractivity contribution in [3.05, 3.63) is 72.1 Å². The molecule has 1 amide bonds. The van der Waals surface area contributed by atoms with Crippen molar-refractivity contribution in [2.45, 2.75) is 10.9 Å². The largest absolute Gasteiger partial charge is 0.497 e. The van der Waals surface area contributed by atoms with Gasteiger partial charge in [0.2, 0.25) is 0 Å². The Morgan fingerprint density at radius 2 is 1.82 bits per heavy atom. The number of nitrogens with one attached hydrogen (secondary N) is 1. The molecule has 0 unspecified atom stereocenters. The molecule has 3 aromatic rings. The van der Waals surface area contributed by atoms with Gasteiger partial charge >= 0.3 is 0 Å². The van der Waals surface area contributed by atoms with Crippen LogP contribution in [-0.2, 0) is 12.8 Å². The second-order valence-electron chi connectivity index (χ2n) is 6.09. The van der Waals surface area contributed by atoms with Crippen LogP contribution in [0.3, 0.4) is 0 Å². The van der Waals surface area contributed by atoms with E-state index >= 15 is 0 Å². The van der Waals surface area contributed by atoms with E-state index in [1.54, 1.807) is 25.1 Å². The number of thioether (sulfide) groups is 1. The summed E-state index contributed by atoms with van der Waals surface area (Å²) in [5, 5.41) is 3.84. The van der Waals surface area contributed by atoms with Crippen molar-refractivity contribution in [1.29, 1.82) is 0 Å². The van der Waals surface area contributed by atoms with Crippen LogP contribution in [0.5, 0.6) is 11.5 Å². The Balaban J connectivity index is 1.40. The van der Waals surface area contributed by atoms with Crippen LogP contribution in [0, 0.1) is 0 Å². The van der Waals surface area contributed by atoms with E-state index in [0.29, 0.717) is 18.7 Å². The first-order valence-electron chi connectivity index (χ1n) is 8.90. The zero-order chi connectivity index (χ0) is 19.8. The molecule has 7 heteroatoms. The molecule has 0 saturated carbocycles. The van der Waals surface area contributed by atoms with Gasteiger partial charge in [-0.05, 0) is 42.0 Å². The fourth-order valence-corrected chi connectivity index (χ4v) is 3.39. The van der Waals surface area contributed by atoms with Gasteiger partial charge in [0.05, 0.1) is 13.7 Å². The Morgan fingerprint density at radius 1 is 1.11 bits per heavy atom. The number of methoxy groups -OCH3 is 1. The molecule has 0 spiro atoms. The van der Waals surface area contributed by atoms with Crippen molar-refractivity contribution in [1.82, 2.24) is 14.9 Å². The zero-order valence-corrected chi connectivity index (χ0v) is 16.7. The van der Waals surface area contributed by atoms with Crippen molar-refractivity contribution in [3.63, 3.8) is 0 Å². The maximum Gasteiger partial charge on any atom is 0.251 e. The number of imidazole rings is 1. The summed E-state index contributed by atoms with van der Waals surface area (Å²) in [6.45, 7) is 0.831. The van der Waals surface area contributed by atoms with E-state index in [2.05, 4.69) is 10.3 Å². The van der Waals surface area contributed by atoms with Crippen LogP contribution in [0.1, 0.15) is 15.9 Å². The highest BCUT2D eigenvalue weighted by Crippen LogP contribution is 2.20. The van der Waals surface area contributed by atoms with Crippen molar-refractivity contribution >= 4 is 17.7 Å². The number of rotatable bonds is 9. The van der Waals surface area contributed by atoms with Gasteiger partial charge < -0.3 is 19.4 Å². The molecule has 0 aliphatic heterocycles. The van der Waals surface area contributed by atoms with E-state index in [9.17, 15) is 4.79 Å². The molecule has 1 aromatic heterocycles. The van der Waals surface area contributed by atoms with Gasteiger partial charge in [0.15, 0.2) is 5.16 Å². The van der Waals surface area contributed by atoms with Gasteiger partial charge in [-0.3, -0.25) is 4.79 Å². The molecular weight excluding hydrogens is 374 g/mol. The minimum atomic E-state index is -0.110. The number of hydrogen-bond acceptors (Lipinski definition) is 5. The van der Waals surface area contributed by atoms with Gasteiger partial charge in [-0.25, -0.2) is 4.98 Å². The molecule has 0 atom stereocenters. The van der Waals surface area contributed by atoms with Crippen LogP contribution < -0.4 is 14.8 Å².